The molecule has 0 aromatic heterocycles. The first-order valence-corrected chi connectivity index (χ1v) is 10.8. The van der Waals surface area contributed by atoms with Gasteiger partial charge in [0.05, 0.1) is 22.4 Å². The van der Waals surface area contributed by atoms with E-state index in [-0.39, 0.29) is 53.3 Å². The maximum atomic E-state index is 13.8. The minimum Gasteiger partial charge on any atom is -0.488 e. The highest BCUT2D eigenvalue weighted by molar-refractivity contribution is 5.94. The van der Waals surface area contributed by atoms with Gasteiger partial charge in [0, 0.05) is 18.2 Å². The fourth-order valence-electron chi connectivity index (χ4n) is 3.24. The van der Waals surface area contributed by atoms with Gasteiger partial charge < -0.3 is 29.6 Å². The minimum atomic E-state index is -0.687. The summed E-state index contributed by atoms with van der Waals surface area (Å²) in [6.07, 6.45) is 0. The molecular formula is C24H19F2N3O8. The summed E-state index contributed by atoms with van der Waals surface area (Å²) in [7, 11) is 0. The number of hydrogen-bond acceptors (Lipinski definition) is 8. The third-order valence-electron chi connectivity index (χ3n) is 4.89. The van der Waals surface area contributed by atoms with Gasteiger partial charge in [0.1, 0.15) is 36.3 Å². The Balaban J connectivity index is 1.65. The Hall–Kier alpha value is -4.94. The number of halogens is 2. The summed E-state index contributed by atoms with van der Waals surface area (Å²) in [5.41, 5.74) is -0.0583. The standard InChI is InChI=1S/C24H19F2N3O8/c25-14-1-4-17-20(9-14)34-7-8-35-21-10-15(26)2-5-18(21)28-24(31)13-37-22-11-16(29(32)33)3-6-19(22)36-12-23(30)27-17/h1-6,9-11H,7-8,12-13H2,(H,27,30)(H,28,31). The Bertz CT molecular complexity index is 1350. The van der Waals surface area contributed by atoms with Gasteiger partial charge in [-0.05, 0) is 30.3 Å². The lowest BCUT2D eigenvalue weighted by Gasteiger charge is -2.17. The Kier molecular flexibility index (Phi) is 7.62. The van der Waals surface area contributed by atoms with Crippen LogP contribution in [0.25, 0.3) is 0 Å². The van der Waals surface area contributed by atoms with Crippen LogP contribution in [0.4, 0.5) is 25.8 Å². The number of nitrogens with one attached hydrogen (secondary N) is 2. The zero-order valence-corrected chi connectivity index (χ0v) is 19.0. The maximum absolute atomic E-state index is 13.8. The quantitative estimate of drug-likeness (QED) is 0.370. The number of nitrogens with zero attached hydrogens (tertiary/aromatic N) is 1. The van der Waals surface area contributed by atoms with Crippen LogP contribution < -0.4 is 29.6 Å². The summed E-state index contributed by atoms with van der Waals surface area (Å²) in [6, 6.07) is 10.3. The molecule has 0 fully saturated rings. The van der Waals surface area contributed by atoms with E-state index in [0.29, 0.717) is 0 Å². The summed E-state index contributed by atoms with van der Waals surface area (Å²) in [5.74, 6) is -2.80. The van der Waals surface area contributed by atoms with Crippen molar-refractivity contribution >= 4 is 28.9 Å². The van der Waals surface area contributed by atoms with Gasteiger partial charge >= 0.3 is 0 Å². The van der Waals surface area contributed by atoms with Crippen molar-refractivity contribution in [3.8, 4) is 23.0 Å². The number of ether oxygens (including phenoxy) is 4. The number of nitro benzene ring substituents is 1. The third kappa shape index (κ3) is 6.60. The average Bonchev–Trinajstić information content (AvgIpc) is 2.86. The van der Waals surface area contributed by atoms with E-state index in [1.54, 1.807) is 0 Å². The van der Waals surface area contributed by atoms with Crippen LogP contribution in [0.2, 0.25) is 0 Å². The SMILES string of the molecule is O=C1COc2ccc([N+](=O)[O-])cc2OCC(=O)Nc2ccc(F)cc2OCCOc2cc(F)ccc2N1. The molecular weight excluding hydrogens is 496 g/mol. The van der Waals surface area contributed by atoms with E-state index in [1.165, 1.54) is 18.2 Å². The highest BCUT2D eigenvalue weighted by atomic mass is 19.1. The molecule has 4 rings (SSSR count). The van der Waals surface area contributed by atoms with E-state index in [9.17, 15) is 28.5 Å². The number of carbonyl (C=O) groups is 2. The molecule has 3 aromatic carbocycles. The lowest BCUT2D eigenvalue weighted by molar-refractivity contribution is -0.385. The number of benzene rings is 3. The van der Waals surface area contributed by atoms with Crippen molar-refractivity contribution < 1.29 is 42.2 Å². The first kappa shape index (κ1) is 25.2. The normalized spacial score (nSPS) is 14.3. The topological polar surface area (TPSA) is 138 Å². The summed E-state index contributed by atoms with van der Waals surface area (Å²) in [5, 5.41) is 16.2. The van der Waals surface area contributed by atoms with Crippen LogP contribution in [0.5, 0.6) is 23.0 Å². The van der Waals surface area contributed by atoms with Gasteiger partial charge in [0.25, 0.3) is 17.5 Å². The molecule has 11 nitrogen and oxygen atoms in total. The van der Waals surface area contributed by atoms with Crippen LogP contribution in [0.3, 0.4) is 0 Å². The zero-order chi connectivity index (χ0) is 26.4. The van der Waals surface area contributed by atoms with Crippen molar-refractivity contribution in [3.63, 3.8) is 0 Å². The first-order valence-electron chi connectivity index (χ1n) is 10.8. The number of non-ortho nitro benzene ring substituents is 1. The number of amides is 2. The highest BCUT2D eigenvalue weighted by Crippen LogP contribution is 2.32. The summed E-state index contributed by atoms with van der Waals surface area (Å²) in [4.78, 5) is 35.5. The summed E-state index contributed by atoms with van der Waals surface area (Å²) in [6.45, 7) is -1.36. The monoisotopic (exact) mass is 515 g/mol. The van der Waals surface area contributed by atoms with Crippen LogP contribution in [0, 0.1) is 21.7 Å². The molecule has 37 heavy (non-hydrogen) atoms. The zero-order valence-electron chi connectivity index (χ0n) is 19.0. The molecule has 0 saturated carbocycles. The minimum absolute atomic E-state index is 0.00481. The van der Waals surface area contributed by atoms with Gasteiger partial charge in [-0.25, -0.2) is 8.78 Å². The Morgan fingerprint density at radius 1 is 0.676 bits per heavy atom. The number of hydrogen-bond donors (Lipinski definition) is 2. The second kappa shape index (κ2) is 11.2. The Labute approximate surface area is 208 Å². The van der Waals surface area contributed by atoms with Crippen LogP contribution >= 0.6 is 0 Å². The molecule has 0 atom stereocenters. The molecule has 3 aromatic rings. The molecule has 13 heteroatoms. The van der Waals surface area contributed by atoms with Crippen molar-refractivity contribution in [2.45, 2.75) is 0 Å². The number of carbonyl (C=O) groups excluding carboxylic acids is 2. The molecule has 1 heterocycles. The number of anilines is 2. The van der Waals surface area contributed by atoms with Crippen molar-refractivity contribution in [2.75, 3.05) is 37.1 Å². The number of rotatable bonds is 1. The second-order valence-corrected chi connectivity index (χ2v) is 7.54. The smallest absolute Gasteiger partial charge is 0.273 e. The number of nitro groups is 1. The van der Waals surface area contributed by atoms with Gasteiger partial charge in [0.2, 0.25) is 0 Å². The van der Waals surface area contributed by atoms with Crippen LogP contribution in [0.1, 0.15) is 0 Å². The van der Waals surface area contributed by atoms with Gasteiger partial charge in [-0.1, -0.05) is 0 Å². The van der Waals surface area contributed by atoms with E-state index < -0.39 is 41.6 Å². The van der Waals surface area contributed by atoms with E-state index >= 15 is 0 Å². The Morgan fingerprint density at radius 3 is 1.70 bits per heavy atom. The van der Waals surface area contributed by atoms with Crippen molar-refractivity contribution in [3.05, 3.63) is 76.3 Å². The van der Waals surface area contributed by atoms with Crippen LogP contribution in [-0.4, -0.2) is 43.2 Å². The van der Waals surface area contributed by atoms with Crippen LogP contribution in [-0.2, 0) is 9.59 Å². The predicted molar refractivity (Wildman–Crippen MR) is 125 cm³/mol. The maximum Gasteiger partial charge on any atom is 0.273 e. The molecule has 0 saturated heterocycles. The summed E-state index contributed by atoms with van der Waals surface area (Å²) < 4.78 is 49.5. The van der Waals surface area contributed by atoms with Gasteiger partial charge in [-0.15, -0.1) is 0 Å². The molecule has 0 radical (unpaired) electrons. The van der Waals surface area contributed by atoms with Crippen molar-refractivity contribution in [1.82, 2.24) is 0 Å². The fourth-order valence-corrected chi connectivity index (χ4v) is 3.24. The molecule has 0 unspecified atom stereocenters. The molecule has 0 aliphatic carbocycles. The van der Waals surface area contributed by atoms with E-state index in [0.717, 1.165) is 36.4 Å². The summed E-state index contributed by atoms with van der Waals surface area (Å²) >= 11 is 0. The molecule has 0 bridgehead atoms. The first-order chi connectivity index (χ1) is 17.8. The fraction of sp³-hybridized carbons (Fsp3) is 0.167. The highest BCUT2D eigenvalue weighted by Gasteiger charge is 2.18. The van der Waals surface area contributed by atoms with Gasteiger partial charge in [-0.3, -0.25) is 19.7 Å². The molecule has 192 valence electrons. The number of fused-ring (bicyclic) bond motifs is 3. The molecule has 1 aliphatic heterocycles. The van der Waals surface area contributed by atoms with Crippen molar-refractivity contribution in [2.24, 2.45) is 0 Å². The predicted octanol–water partition coefficient (Wildman–Crippen LogP) is 3.68. The van der Waals surface area contributed by atoms with Gasteiger partial charge in [0.15, 0.2) is 24.7 Å². The van der Waals surface area contributed by atoms with Crippen LogP contribution in [0.15, 0.2) is 54.6 Å². The van der Waals surface area contributed by atoms with E-state index in [4.69, 9.17) is 18.9 Å². The van der Waals surface area contributed by atoms with Crippen molar-refractivity contribution in [1.29, 1.82) is 0 Å². The molecule has 0 spiro atoms. The molecule has 2 amide bonds. The molecule has 1 aliphatic rings. The van der Waals surface area contributed by atoms with E-state index in [1.807, 2.05) is 0 Å². The molecule has 2 N–H and O–H groups in total. The van der Waals surface area contributed by atoms with Gasteiger partial charge in [-0.2, -0.15) is 0 Å². The lowest BCUT2D eigenvalue weighted by Crippen LogP contribution is -2.23. The largest absolute Gasteiger partial charge is 0.488 e. The second-order valence-electron chi connectivity index (χ2n) is 7.54. The Morgan fingerprint density at radius 2 is 1.19 bits per heavy atom. The van der Waals surface area contributed by atoms with E-state index in [2.05, 4.69) is 10.6 Å². The average molecular weight is 515 g/mol. The lowest BCUT2D eigenvalue weighted by atomic mass is 10.2. The third-order valence-corrected chi connectivity index (χ3v) is 4.89.